The summed E-state index contributed by atoms with van der Waals surface area (Å²) < 4.78 is 4.63. The van der Waals surface area contributed by atoms with E-state index in [9.17, 15) is 4.79 Å². The van der Waals surface area contributed by atoms with Crippen LogP contribution in [-0.4, -0.2) is 24.4 Å². The second kappa shape index (κ2) is 5.94. The van der Waals surface area contributed by atoms with Crippen LogP contribution in [0.3, 0.4) is 0 Å². The van der Waals surface area contributed by atoms with Gasteiger partial charge in [0, 0.05) is 0 Å². The van der Waals surface area contributed by atoms with Crippen LogP contribution in [0.2, 0.25) is 10.0 Å². The maximum Gasteiger partial charge on any atom is 0.411 e. The maximum absolute atomic E-state index is 11.2. The highest BCUT2D eigenvalue weighted by atomic mass is 35.5. The average Bonchev–Trinajstić information content (AvgIpc) is 2.27. The third kappa shape index (κ3) is 3.27. The van der Waals surface area contributed by atoms with E-state index in [-0.39, 0.29) is 13.2 Å². The quantitative estimate of drug-likeness (QED) is 0.882. The Bertz CT molecular complexity index is 396. The summed E-state index contributed by atoms with van der Waals surface area (Å²) in [7, 11) is 0. The van der Waals surface area contributed by atoms with Gasteiger partial charge in [0.05, 0.1) is 22.3 Å². The van der Waals surface area contributed by atoms with Crippen molar-refractivity contribution in [1.82, 2.24) is 0 Å². The Morgan fingerprint density at radius 3 is 2.81 bits per heavy atom. The number of benzene rings is 1. The van der Waals surface area contributed by atoms with Crippen LogP contribution in [0.25, 0.3) is 0 Å². The van der Waals surface area contributed by atoms with Crippen LogP contribution in [0.1, 0.15) is 5.56 Å². The van der Waals surface area contributed by atoms with Gasteiger partial charge in [0.15, 0.2) is 0 Å². The predicted octanol–water partition coefficient (Wildman–Crippen LogP) is 2.84. The van der Waals surface area contributed by atoms with Gasteiger partial charge < -0.3 is 9.84 Å². The molecule has 6 heteroatoms. The van der Waals surface area contributed by atoms with Crippen LogP contribution in [0.4, 0.5) is 10.5 Å². The first-order valence-electron chi connectivity index (χ1n) is 4.55. The van der Waals surface area contributed by atoms with Crippen molar-refractivity contribution in [2.24, 2.45) is 0 Å². The molecule has 0 spiro atoms. The molecule has 0 aliphatic rings. The molecule has 0 atom stereocenters. The number of carbonyl (C=O) groups excluding carboxylic acids is 1. The number of carbonyl (C=O) groups is 1. The first kappa shape index (κ1) is 13.1. The van der Waals surface area contributed by atoms with Gasteiger partial charge in [-0.2, -0.15) is 0 Å². The Morgan fingerprint density at radius 1 is 1.50 bits per heavy atom. The molecule has 1 rings (SSSR count). The number of rotatable bonds is 3. The van der Waals surface area contributed by atoms with Crippen molar-refractivity contribution in [2.45, 2.75) is 6.92 Å². The minimum Gasteiger partial charge on any atom is -0.447 e. The standard InChI is InChI=1S/C10H11Cl2NO3/c1-6-2-3-7(11)9(8(6)12)13-10(15)16-5-4-14/h2-3,14H,4-5H2,1H3,(H,13,15). The van der Waals surface area contributed by atoms with Crippen molar-refractivity contribution in [1.29, 1.82) is 0 Å². The highest BCUT2D eigenvalue weighted by Crippen LogP contribution is 2.32. The van der Waals surface area contributed by atoms with E-state index >= 15 is 0 Å². The first-order valence-corrected chi connectivity index (χ1v) is 5.31. The normalized spacial score (nSPS) is 10.0. The summed E-state index contributed by atoms with van der Waals surface area (Å²) in [6.45, 7) is 1.48. The fourth-order valence-electron chi connectivity index (χ4n) is 1.05. The molecule has 0 aromatic heterocycles. The molecule has 0 aliphatic carbocycles. The van der Waals surface area contributed by atoms with E-state index < -0.39 is 6.09 Å². The predicted molar refractivity (Wildman–Crippen MR) is 63.3 cm³/mol. The molecule has 0 aliphatic heterocycles. The summed E-state index contributed by atoms with van der Waals surface area (Å²) in [5.41, 5.74) is 1.11. The number of ether oxygens (including phenoxy) is 1. The third-order valence-corrected chi connectivity index (χ3v) is 2.64. The third-order valence-electron chi connectivity index (χ3n) is 1.84. The molecule has 88 valence electrons. The molecule has 0 unspecified atom stereocenters. The van der Waals surface area contributed by atoms with Gasteiger partial charge in [0.1, 0.15) is 6.61 Å². The number of aliphatic hydroxyl groups excluding tert-OH is 1. The fraction of sp³-hybridized carbons (Fsp3) is 0.300. The number of aliphatic hydroxyl groups is 1. The highest BCUT2D eigenvalue weighted by Gasteiger charge is 2.12. The minimum atomic E-state index is -0.705. The molecule has 0 fully saturated rings. The Balaban J connectivity index is 2.80. The van der Waals surface area contributed by atoms with Gasteiger partial charge in [-0.15, -0.1) is 0 Å². The largest absolute Gasteiger partial charge is 0.447 e. The number of hydrogen-bond donors (Lipinski definition) is 2. The lowest BCUT2D eigenvalue weighted by Gasteiger charge is -2.10. The highest BCUT2D eigenvalue weighted by molar-refractivity contribution is 6.40. The molecular weight excluding hydrogens is 253 g/mol. The topological polar surface area (TPSA) is 58.6 Å². The van der Waals surface area contributed by atoms with Gasteiger partial charge in [-0.25, -0.2) is 4.79 Å². The first-order chi connectivity index (χ1) is 7.56. The number of aryl methyl sites for hydroxylation is 1. The van der Waals surface area contributed by atoms with Crippen LogP contribution in [-0.2, 0) is 4.74 Å². The Kier molecular flexibility index (Phi) is 4.86. The summed E-state index contributed by atoms with van der Waals surface area (Å²) in [5.74, 6) is 0. The molecule has 1 aromatic rings. The van der Waals surface area contributed by atoms with Crippen LogP contribution in [0.15, 0.2) is 12.1 Å². The molecular formula is C10H11Cl2NO3. The number of nitrogens with one attached hydrogen (secondary N) is 1. The molecule has 16 heavy (non-hydrogen) atoms. The van der Waals surface area contributed by atoms with Crippen LogP contribution in [0.5, 0.6) is 0 Å². The summed E-state index contributed by atoms with van der Waals surface area (Å²) in [6.07, 6.45) is -0.705. The monoisotopic (exact) mass is 263 g/mol. The second-order valence-electron chi connectivity index (χ2n) is 3.04. The molecule has 0 radical (unpaired) electrons. The van der Waals surface area contributed by atoms with Gasteiger partial charge in [0.2, 0.25) is 0 Å². The van der Waals surface area contributed by atoms with Crippen molar-refractivity contribution >= 4 is 35.0 Å². The summed E-state index contributed by atoms with van der Waals surface area (Å²) in [4.78, 5) is 11.2. The zero-order chi connectivity index (χ0) is 12.1. The summed E-state index contributed by atoms with van der Waals surface area (Å²) in [6, 6.07) is 3.37. The van der Waals surface area contributed by atoms with Crippen molar-refractivity contribution in [3.05, 3.63) is 27.7 Å². The van der Waals surface area contributed by atoms with Gasteiger partial charge in [-0.1, -0.05) is 29.3 Å². The lowest BCUT2D eigenvalue weighted by atomic mass is 10.2. The van der Waals surface area contributed by atoms with E-state index in [4.69, 9.17) is 28.3 Å². The van der Waals surface area contributed by atoms with Crippen LogP contribution < -0.4 is 5.32 Å². The lowest BCUT2D eigenvalue weighted by Crippen LogP contribution is -2.16. The molecule has 0 bridgehead atoms. The molecule has 0 saturated carbocycles. The van der Waals surface area contributed by atoms with E-state index in [1.54, 1.807) is 19.1 Å². The molecule has 4 nitrogen and oxygen atoms in total. The van der Waals surface area contributed by atoms with E-state index in [0.717, 1.165) is 5.56 Å². The minimum absolute atomic E-state index is 0.0765. The molecule has 0 saturated heterocycles. The number of anilines is 1. The van der Waals surface area contributed by atoms with Crippen molar-refractivity contribution in [3.8, 4) is 0 Å². The van der Waals surface area contributed by atoms with E-state index in [0.29, 0.717) is 15.7 Å². The van der Waals surface area contributed by atoms with Crippen molar-refractivity contribution in [2.75, 3.05) is 18.5 Å². The molecule has 0 heterocycles. The van der Waals surface area contributed by atoms with Gasteiger partial charge in [-0.3, -0.25) is 5.32 Å². The average molecular weight is 264 g/mol. The van der Waals surface area contributed by atoms with Gasteiger partial charge in [-0.05, 0) is 18.6 Å². The molecule has 1 aromatic carbocycles. The lowest BCUT2D eigenvalue weighted by molar-refractivity contribution is 0.131. The van der Waals surface area contributed by atoms with Crippen molar-refractivity contribution in [3.63, 3.8) is 0 Å². The van der Waals surface area contributed by atoms with Gasteiger partial charge in [0.25, 0.3) is 0 Å². The number of halogens is 2. The Morgan fingerprint density at radius 2 is 2.19 bits per heavy atom. The number of amides is 1. The second-order valence-corrected chi connectivity index (χ2v) is 3.82. The fourth-order valence-corrected chi connectivity index (χ4v) is 1.51. The zero-order valence-electron chi connectivity index (χ0n) is 8.59. The number of hydrogen-bond acceptors (Lipinski definition) is 3. The van der Waals surface area contributed by atoms with E-state index in [2.05, 4.69) is 10.1 Å². The Hall–Kier alpha value is -0.970. The maximum atomic E-state index is 11.2. The van der Waals surface area contributed by atoms with E-state index in [1.165, 1.54) is 0 Å². The summed E-state index contributed by atoms with van der Waals surface area (Å²) in [5, 5.41) is 11.6. The summed E-state index contributed by atoms with van der Waals surface area (Å²) >= 11 is 11.8. The van der Waals surface area contributed by atoms with Crippen LogP contribution >= 0.6 is 23.2 Å². The Labute approximate surface area is 103 Å². The van der Waals surface area contributed by atoms with Crippen molar-refractivity contribution < 1.29 is 14.6 Å². The zero-order valence-corrected chi connectivity index (χ0v) is 10.1. The molecule has 2 N–H and O–H groups in total. The SMILES string of the molecule is Cc1ccc(Cl)c(NC(=O)OCCO)c1Cl. The smallest absolute Gasteiger partial charge is 0.411 e. The van der Waals surface area contributed by atoms with Gasteiger partial charge >= 0.3 is 6.09 Å². The van der Waals surface area contributed by atoms with Crippen LogP contribution in [0, 0.1) is 6.92 Å². The van der Waals surface area contributed by atoms with E-state index in [1.807, 2.05) is 0 Å². The molecule has 1 amide bonds.